The van der Waals surface area contributed by atoms with Crippen molar-refractivity contribution in [3.05, 3.63) is 0 Å². The molecule has 1 aliphatic carbocycles. The van der Waals surface area contributed by atoms with Crippen molar-refractivity contribution in [2.45, 2.75) is 71.9 Å². The number of nitrogens with zero attached hydrogens (tertiary/aromatic N) is 1. The third-order valence-electron chi connectivity index (χ3n) is 4.57. The van der Waals surface area contributed by atoms with Crippen LogP contribution in [0.3, 0.4) is 0 Å². The Hall–Kier alpha value is -0.0400. The van der Waals surface area contributed by atoms with Gasteiger partial charge in [-0.2, -0.15) is 0 Å². The third-order valence-corrected chi connectivity index (χ3v) is 4.57. The van der Waals surface area contributed by atoms with Crippen molar-refractivity contribution in [1.29, 1.82) is 0 Å². The first-order valence-corrected chi connectivity index (χ1v) is 6.60. The van der Waals surface area contributed by atoms with Gasteiger partial charge in [0, 0.05) is 11.6 Å². The van der Waals surface area contributed by atoms with E-state index in [0.717, 1.165) is 12.0 Å². The minimum absolute atomic E-state index is 0.447. The molecule has 15 heavy (non-hydrogen) atoms. The number of hydrogen-bond acceptors (Lipinski definition) is 1. The maximum absolute atomic E-state index is 2.81. The molecule has 1 saturated carbocycles. The van der Waals surface area contributed by atoms with E-state index >= 15 is 0 Å². The first-order valence-electron chi connectivity index (χ1n) is 6.60. The molecular weight excluding hydrogens is 182 g/mol. The molecule has 0 aromatic heterocycles. The normalized spacial score (nSPS) is 29.8. The fourth-order valence-electron chi connectivity index (χ4n) is 3.38. The Labute approximate surface area is 95.2 Å². The van der Waals surface area contributed by atoms with E-state index in [0.29, 0.717) is 11.0 Å². The molecule has 0 aromatic carbocycles. The Balaban J connectivity index is 2.13. The maximum Gasteiger partial charge on any atom is 0.0184 e. The highest BCUT2D eigenvalue weighted by atomic mass is 15.3. The Morgan fingerprint density at radius 2 is 1.53 bits per heavy atom. The van der Waals surface area contributed by atoms with Gasteiger partial charge in [-0.1, -0.05) is 20.8 Å². The molecule has 0 aromatic rings. The lowest BCUT2D eigenvalue weighted by molar-refractivity contribution is 0.0334. The van der Waals surface area contributed by atoms with Gasteiger partial charge in [0.05, 0.1) is 0 Å². The van der Waals surface area contributed by atoms with Crippen LogP contribution in [0.15, 0.2) is 0 Å². The molecule has 1 atom stereocenters. The summed E-state index contributed by atoms with van der Waals surface area (Å²) in [6.45, 7) is 13.5. The topological polar surface area (TPSA) is 3.24 Å². The van der Waals surface area contributed by atoms with Gasteiger partial charge in [0.15, 0.2) is 0 Å². The van der Waals surface area contributed by atoms with Gasteiger partial charge in [-0.3, -0.25) is 4.90 Å². The van der Waals surface area contributed by atoms with Crippen molar-refractivity contribution in [2.75, 3.05) is 6.54 Å². The maximum atomic E-state index is 2.81. The van der Waals surface area contributed by atoms with Crippen molar-refractivity contribution in [3.63, 3.8) is 0 Å². The Kier molecular flexibility index (Phi) is 2.65. The smallest absolute Gasteiger partial charge is 0.0184 e. The molecule has 1 aliphatic heterocycles. The number of hydrogen-bond donors (Lipinski definition) is 0. The van der Waals surface area contributed by atoms with E-state index in [2.05, 4.69) is 39.5 Å². The summed E-state index contributed by atoms with van der Waals surface area (Å²) in [5.41, 5.74) is 0.900. The van der Waals surface area contributed by atoms with Crippen LogP contribution in [-0.4, -0.2) is 23.0 Å². The third kappa shape index (κ3) is 2.08. The highest BCUT2D eigenvalue weighted by Crippen LogP contribution is 2.47. The molecular formula is C14H27N. The predicted octanol–water partition coefficient (Wildman–Crippen LogP) is 3.69. The van der Waals surface area contributed by atoms with Crippen LogP contribution in [0.1, 0.15) is 60.3 Å². The van der Waals surface area contributed by atoms with E-state index in [4.69, 9.17) is 0 Å². The largest absolute Gasteiger partial charge is 0.294 e. The second-order valence-corrected chi connectivity index (χ2v) is 7.15. The van der Waals surface area contributed by atoms with E-state index in [1.165, 1.54) is 32.2 Å². The summed E-state index contributed by atoms with van der Waals surface area (Å²) in [4.78, 5) is 2.81. The molecule has 1 heteroatoms. The molecule has 1 saturated heterocycles. The van der Waals surface area contributed by atoms with Gasteiger partial charge in [0.1, 0.15) is 0 Å². The van der Waals surface area contributed by atoms with Gasteiger partial charge < -0.3 is 0 Å². The van der Waals surface area contributed by atoms with Crippen molar-refractivity contribution in [2.24, 2.45) is 11.3 Å². The fraction of sp³-hybridized carbons (Fsp3) is 1.00. The van der Waals surface area contributed by atoms with E-state index in [1.54, 1.807) is 0 Å². The molecule has 2 aliphatic rings. The van der Waals surface area contributed by atoms with Gasteiger partial charge in [-0.05, 0) is 57.4 Å². The standard InChI is InChI=1S/C14H27N/c1-13(2,3)12-7-6-10-15(12)14(4,5)11-8-9-11/h11-12H,6-10H2,1-5H3. The van der Waals surface area contributed by atoms with E-state index in [1.807, 2.05) is 0 Å². The van der Waals surface area contributed by atoms with Gasteiger partial charge in [-0.15, -0.1) is 0 Å². The van der Waals surface area contributed by atoms with Crippen molar-refractivity contribution in [3.8, 4) is 0 Å². The molecule has 0 radical (unpaired) electrons. The van der Waals surface area contributed by atoms with Crippen molar-refractivity contribution in [1.82, 2.24) is 4.90 Å². The molecule has 1 unspecified atom stereocenters. The van der Waals surface area contributed by atoms with Crippen LogP contribution in [0, 0.1) is 11.3 Å². The average molecular weight is 209 g/mol. The van der Waals surface area contributed by atoms with Crippen molar-refractivity contribution < 1.29 is 0 Å². The monoisotopic (exact) mass is 209 g/mol. The van der Waals surface area contributed by atoms with Crippen LogP contribution in [0.2, 0.25) is 0 Å². The minimum atomic E-state index is 0.447. The van der Waals surface area contributed by atoms with Gasteiger partial charge in [-0.25, -0.2) is 0 Å². The summed E-state index contributed by atoms with van der Waals surface area (Å²) in [7, 11) is 0. The summed E-state index contributed by atoms with van der Waals surface area (Å²) in [5.74, 6) is 0.973. The Morgan fingerprint density at radius 3 is 2.00 bits per heavy atom. The first-order chi connectivity index (χ1) is 6.83. The first kappa shape index (κ1) is 11.4. The summed E-state index contributed by atoms with van der Waals surface area (Å²) < 4.78 is 0. The van der Waals surface area contributed by atoms with E-state index in [-0.39, 0.29) is 0 Å². The highest BCUT2D eigenvalue weighted by Gasteiger charge is 2.48. The molecule has 1 nitrogen and oxygen atoms in total. The molecule has 0 amide bonds. The summed E-state index contributed by atoms with van der Waals surface area (Å²) in [6.07, 6.45) is 5.72. The van der Waals surface area contributed by atoms with Crippen LogP contribution >= 0.6 is 0 Å². The molecule has 88 valence electrons. The second-order valence-electron chi connectivity index (χ2n) is 7.15. The molecule has 0 bridgehead atoms. The minimum Gasteiger partial charge on any atom is -0.294 e. The SMILES string of the molecule is CC(C)(C)C1CCCN1C(C)(C)C1CC1. The van der Waals surface area contributed by atoms with E-state index < -0.39 is 0 Å². The lowest BCUT2D eigenvalue weighted by Crippen LogP contribution is -2.52. The summed E-state index contributed by atoms with van der Waals surface area (Å²) in [5, 5.41) is 0. The Morgan fingerprint density at radius 1 is 0.933 bits per heavy atom. The van der Waals surface area contributed by atoms with Gasteiger partial charge in [0.25, 0.3) is 0 Å². The van der Waals surface area contributed by atoms with Crippen LogP contribution in [0.5, 0.6) is 0 Å². The number of likely N-dealkylation sites (tertiary alicyclic amines) is 1. The summed E-state index contributed by atoms with van der Waals surface area (Å²) in [6, 6.07) is 0.799. The molecule has 0 spiro atoms. The molecule has 2 rings (SSSR count). The van der Waals surface area contributed by atoms with E-state index in [9.17, 15) is 0 Å². The number of rotatable bonds is 2. The Bertz CT molecular complexity index is 232. The lowest BCUT2D eigenvalue weighted by atomic mass is 9.82. The zero-order valence-electron chi connectivity index (χ0n) is 11.1. The van der Waals surface area contributed by atoms with Crippen LogP contribution < -0.4 is 0 Å². The fourth-order valence-corrected chi connectivity index (χ4v) is 3.38. The van der Waals surface area contributed by atoms with Crippen LogP contribution in [0.4, 0.5) is 0 Å². The zero-order valence-corrected chi connectivity index (χ0v) is 11.1. The predicted molar refractivity (Wildman–Crippen MR) is 66.0 cm³/mol. The zero-order chi connectivity index (χ0) is 11.3. The molecule has 2 fully saturated rings. The quantitative estimate of drug-likeness (QED) is 0.670. The lowest BCUT2D eigenvalue weighted by Gasteiger charge is -2.45. The van der Waals surface area contributed by atoms with Gasteiger partial charge >= 0.3 is 0 Å². The molecule has 0 N–H and O–H groups in total. The second kappa shape index (κ2) is 3.48. The van der Waals surface area contributed by atoms with Crippen LogP contribution in [-0.2, 0) is 0 Å². The van der Waals surface area contributed by atoms with Gasteiger partial charge in [0.2, 0.25) is 0 Å². The van der Waals surface area contributed by atoms with Crippen molar-refractivity contribution >= 4 is 0 Å². The average Bonchev–Trinajstić information content (AvgIpc) is 2.80. The van der Waals surface area contributed by atoms with Crippen LogP contribution in [0.25, 0.3) is 0 Å². The molecule has 1 heterocycles. The highest BCUT2D eigenvalue weighted by molar-refractivity contribution is 5.02. The summed E-state index contributed by atoms with van der Waals surface area (Å²) >= 11 is 0.